The molecule has 0 aromatic heterocycles. The summed E-state index contributed by atoms with van der Waals surface area (Å²) in [6, 6.07) is 5.86. The molecular formula is C27H39FN4O3. The van der Waals surface area contributed by atoms with Crippen LogP contribution in [0.2, 0.25) is 0 Å². The van der Waals surface area contributed by atoms with Crippen molar-refractivity contribution in [2.45, 2.75) is 63.8 Å². The molecule has 0 unspecified atom stereocenters. The van der Waals surface area contributed by atoms with E-state index in [0.29, 0.717) is 44.6 Å². The molecule has 0 radical (unpaired) electrons. The number of nitrogens with one attached hydrogen (secondary N) is 1. The quantitative estimate of drug-likeness (QED) is 0.600. The maximum atomic E-state index is 14.0. The molecule has 1 aliphatic carbocycles. The van der Waals surface area contributed by atoms with Gasteiger partial charge in [-0.25, -0.2) is 9.18 Å². The van der Waals surface area contributed by atoms with E-state index < -0.39 is 5.54 Å². The van der Waals surface area contributed by atoms with Crippen LogP contribution in [0.3, 0.4) is 0 Å². The van der Waals surface area contributed by atoms with Crippen molar-refractivity contribution in [3.8, 4) is 0 Å². The molecule has 0 bridgehead atoms. The number of nitrogens with zero attached hydrogens (tertiary/aromatic N) is 3. The molecule has 1 N–H and O–H groups in total. The van der Waals surface area contributed by atoms with Gasteiger partial charge < -0.3 is 15.1 Å². The second kappa shape index (κ2) is 10.2. The minimum atomic E-state index is -1.12. The average molecular weight is 487 g/mol. The van der Waals surface area contributed by atoms with Gasteiger partial charge in [-0.2, -0.15) is 0 Å². The van der Waals surface area contributed by atoms with E-state index >= 15 is 0 Å². The number of likely N-dealkylation sites (tertiary alicyclic amines) is 1. The fourth-order valence-corrected chi connectivity index (χ4v) is 6.16. The molecule has 2 heterocycles. The lowest BCUT2D eigenvalue weighted by atomic mass is 9.72. The lowest BCUT2D eigenvalue weighted by Crippen LogP contribution is -2.58. The Labute approximate surface area is 208 Å². The molecule has 1 atom stereocenters. The van der Waals surface area contributed by atoms with Crippen molar-refractivity contribution >= 4 is 17.8 Å². The highest BCUT2D eigenvalue weighted by molar-refractivity contribution is 6.07. The van der Waals surface area contributed by atoms with Gasteiger partial charge in [0.15, 0.2) is 0 Å². The van der Waals surface area contributed by atoms with E-state index in [9.17, 15) is 18.8 Å². The smallest absolute Gasteiger partial charge is 0.325 e. The topological polar surface area (TPSA) is 73.0 Å². The van der Waals surface area contributed by atoms with Crippen molar-refractivity contribution in [3.05, 3.63) is 35.6 Å². The monoisotopic (exact) mass is 486 g/mol. The van der Waals surface area contributed by atoms with Crippen molar-refractivity contribution < 1.29 is 18.8 Å². The molecule has 1 aromatic rings. The Bertz CT molecular complexity index is 953. The van der Waals surface area contributed by atoms with Crippen molar-refractivity contribution in [2.75, 3.05) is 40.3 Å². The fraction of sp³-hybridized carbons (Fsp3) is 0.667. The summed E-state index contributed by atoms with van der Waals surface area (Å²) in [5.41, 5.74) is -0.729. The Balaban J connectivity index is 1.54. The number of benzene rings is 1. The lowest BCUT2D eigenvalue weighted by Gasteiger charge is -2.44. The van der Waals surface area contributed by atoms with Gasteiger partial charge in [-0.15, -0.1) is 0 Å². The summed E-state index contributed by atoms with van der Waals surface area (Å²) < 4.78 is 14.0. The van der Waals surface area contributed by atoms with Crippen LogP contribution in [0, 0.1) is 17.2 Å². The Hall–Kier alpha value is -2.48. The zero-order chi connectivity index (χ0) is 25.2. The van der Waals surface area contributed by atoms with Crippen LogP contribution < -0.4 is 5.32 Å². The van der Waals surface area contributed by atoms with E-state index in [1.165, 1.54) is 23.5 Å². The molecule has 3 aliphatic rings. The van der Waals surface area contributed by atoms with Gasteiger partial charge in [0.25, 0.3) is 5.91 Å². The van der Waals surface area contributed by atoms with Crippen molar-refractivity contribution in [1.29, 1.82) is 0 Å². The molecule has 1 aromatic carbocycles. The summed E-state index contributed by atoms with van der Waals surface area (Å²) in [6.45, 7) is 4.12. The summed E-state index contributed by atoms with van der Waals surface area (Å²) >= 11 is 0. The van der Waals surface area contributed by atoms with Gasteiger partial charge in [0.2, 0.25) is 5.91 Å². The summed E-state index contributed by atoms with van der Waals surface area (Å²) in [5, 5.41) is 3.04. The molecule has 3 fully saturated rings. The van der Waals surface area contributed by atoms with Crippen LogP contribution in [0.4, 0.5) is 9.18 Å². The van der Waals surface area contributed by atoms with E-state index in [0.717, 1.165) is 25.7 Å². The largest absolute Gasteiger partial charge is 0.342 e. The number of piperidine rings is 1. The maximum Gasteiger partial charge on any atom is 0.325 e. The number of carbonyl (C=O) groups is 3. The van der Waals surface area contributed by atoms with E-state index in [2.05, 4.69) is 12.2 Å². The molecule has 7 nitrogen and oxygen atoms in total. The highest BCUT2D eigenvalue weighted by Crippen LogP contribution is 2.40. The highest BCUT2D eigenvalue weighted by atomic mass is 19.1. The molecule has 8 heteroatoms. The van der Waals surface area contributed by atoms with Gasteiger partial charge in [0.1, 0.15) is 11.4 Å². The SMILES string of the molecule is CN(C)CCN1C(=O)N[C@](Cc2cccc(F)c2)(C2CCN(C(=O)C3(C)CCCCC3)CC2)C1=O. The zero-order valence-corrected chi connectivity index (χ0v) is 21.3. The highest BCUT2D eigenvalue weighted by Gasteiger charge is 2.56. The first-order valence-electron chi connectivity index (χ1n) is 13.0. The predicted molar refractivity (Wildman–Crippen MR) is 132 cm³/mol. The van der Waals surface area contributed by atoms with Gasteiger partial charge in [-0.1, -0.05) is 38.3 Å². The molecule has 2 saturated heterocycles. The average Bonchev–Trinajstić information content (AvgIpc) is 3.07. The zero-order valence-electron chi connectivity index (χ0n) is 21.3. The van der Waals surface area contributed by atoms with Gasteiger partial charge in [-0.05, 0) is 63.4 Å². The van der Waals surface area contributed by atoms with Gasteiger partial charge in [-0.3, -0.25) is 14.5 Å². The summed E-state index contributed by atoms with van der Waals surface area (Å²) in [5.74, 6) is -0.503. The number of urea groups is 1. The molecule has 4 amide bonds. The fourth-order valence-electron chi connectivity index (χ4n) is 6.16. The molecule has 2 aliphatic heterocycles. The van der Waals surface area contributed by atoms with Crippen molar-refractivity contribution in [1.82, 2.24) is 20.0 Å². The number of hydrogen-bond acceptors (Lipinski definition) is 4. The number of carbonyl (C=O) groups excluding carboxylic acids is 3. The second-order valence-electron chi connectivity index (χ2n) is 11.2. The number of halogens is 1. The predicted octanol–water partition coefficient (Wildman–Crippen LogP) is 3.43. The summed E-state index contributed by atoms with van der Waals surface area (Å²) in [7, 11) is 3.80. The van der Waals surface area contributed by atoms with Crippen LogP contribution in [0.15, 0.2) is 24.3 Å². The molecule has 1 saturated carbocycles. The van der Waals surface area contributed by atoms with Crippen LogP contribution in [0.25, 0.3) is 0 Å². The Morgan fingerprint density at radius 2 is 1.83 bits per heavy atom. The van der Waals surface area contributed by atoms with Crippen molar-refractivity contribution in [2.24, 2.45) is 11.3 Å². The van der Waals surface area contributed by atoms with Crippen LogP contribution in [0.1, 0.15) is 57.4 Å². The minimum Gasteiger partial charge on any atom is -0.342 e. The lowest BCUT2D eigenvalue weighted by molar-refractivity contribution is -0.145. The maximum absolute atomic E-state index is 14.0. The van der Waals surface area contributed by atoms with Crippen LogP contribution in [-0.2, 0) is 16.0 Å². The van der Waals surface area contributed by atoms with Gasteiger partial charge in [0, 0.05) is 38.0 Å². The first-order valence-corrected chi connectivity index (χ1v) is 13.0. The normalized spacial score (nSPS) is 25.3. The van der Waals surface area contributed by atoms with Gasteiger partial charge >= 0.3 is 6.03 Å². The number of rotatable bonds is 7. The summed E-state index contributed by atoms with van der Waals surface area (Å²) in [6.07, 6.45) is 6.76. The van der Waals surface area contributed by atoms with Crippen LogP contribution in [0.5, 0.6) is 0 Å². The van der Waals surface area contributed by atoms with Crippen LogP contribution >= 0.6 is 0 Å². The van der Waals surface area contributed by atoms with E-state index in [1.807, 2.05) is 23.9 Å². The van der Waals surface area contributed by atoms with E-state index in [1.54, 1.807) is 12.1 Å². The third kappa shape index (κ3) is 5.22. The molecule has 0 spiro atoms. The van der Waals surface area contributed by atoms with Crippen molar-refractivity contribution in [3.63, 3.8) is 0 Å². The third-order valence-electron chi connectivity index (χ3n) is 8.30. The molecular weight excluding hydrogens is 447 g/mol. The number of hydrogen-bond donors (Lipinski definition) is 1. The summed E-state index contributed by atoms with van der Waals surface area (Å²) in [4.78, 5) is 45.3. The first kappa shape index (κ1) is 25.6. The van der Waals surface area contributed by atoms with E-state index in [4.69, 9.17) is 0 Å². The Morgan fingerprint density at radius 3 is 2.46 bits per heavy atom. The molecule has 4 rings (SSSR count). The molecule has 192 valence electrons. The Kier molecular flexibility index (Phi) is 7.50. The van der Waals surface area contributed by atoms with Gasteiger partial charge in [0.05, 0.1) is 0 Å². The Morgan fingerprint density at radius 1 is 1.14 bits per heavy atom. The molecule has 35 heavy (non-hydrogen) atoms. The number of amides is 4. The standard InChI is InChI=1S/C27H39FN4O3/c1-26(12-5-4-6-13-26)23(33)31-14-10-21(11-15-31)27(19-20-8-7-9-22(28)18-20)24(34)32(25(35)29-27)17-16-30(2)3/h7-9,18,21H,4-6,10-17,19H2,1-3H3,(H,29,35)/t27-/m1/s1. The number of likely N-dealkylation sites (N-methyl/N-ethyl adjacent to an activating group) is 1. The van der Waals surface area contributed by atoms with E-state index in [-0.39, 0.29) is 41.4 Å². The minimum absolute atomic E-state index is 0.130. The second-order valence-corrected chi connectivity index (χ2v) is 11.2. The first-order chi connectivity index (χ1) is 16.6. The van der Waals surface area contributed by atoms with Crippen LogP contribution in [-0.4, -0.2) is 78.4 Å². The third-order valence-corrected chi connectivity index (χ3v) is 8.30. The number of imide groups is 1.